The molecule has 0 aromatic carbocycles. The van der Waals surface area contributed by atoms with Crippen LogP contribution in [0.2, 0.25) is 0 Å². The molecule has 3 aliphatic rings. The van der Waals surface area contributed by atoms with Gasteiger partial charge in [-0.1, -0.05) is 0 Å². The molecule has 2 saturated heterocycles. The fourth-order valence-corrected chi connectivity index (χ4v) is 2.30. The summed E-state index contributed by atoms with van der Waals surface area (Å²) >= 11 is 0. The summed E-state index contributed by atoms with van der Waals surface area (Å²) in [5, 5.41) is 8.53. The van der Waals surface area contributed by atoms with Gasteiger partial charge in [0.25, 0.3) is 0 Å². The molecule has 3 rings (SSSR count). The van der Waals surface area contributed by atoms with Gasteiger partial charge in [0.05, 0.1) is 6.54 Å². The molecular weight excluding hydrogens is 142 g/mol. The van der Waals surface area contributed by atoms with Crippen molar-refractivity contribution in [2.24, 2.45) is 11.8 Å². The second kappa shape index (κ2) is 2.48. The molecule has 0 radical (unpaired) electrons. The second-order valence-electron chi connectivity index (χ2n) is 3.79. The third-order valence-corrected chi connectivity index (χ3v) is 2.72. The largest absolute Gasteiger partial charge is 0.480 e. The normalized spacial score (nSPS) is 36.4. The van der Waals surface area contributed by atoms with E-state index in [9.17, 15) is 4.79 Å². The quantitative estimate of drug-likeness (QED) is 0.628. The van der Waals surface area contributed by atoms with E-state index in [0.29, 0.717) is 0 Å². The third-order valence-electron chi connectivity index (χ3n) is 2.72. The van der Waals surface area contributed by atoms with Gasteiger partial charge >= 0.3 is 5.97 Å². The van der Waals surface area contributed by atoms with Gasteiger partial charge in [-0.25, -0.2) is 0 Å². The van der Waals surface area contributed by atoms with Crippen LogP contribution in [0.1, 0.15) is 12.8 Å². The summed E-state index contributed by atoms with van der Waals surface area (Å²) in [5.74, 6) is 0.937. The molecule has 0 aromatic heterocycles. The zero-order valence-electron chi connectivity index (χ0n) is 6.49. The first kappa shape index (κ1) is 7.10. The van der Waals surface area contributed by atoms with E-state index in [4.69, 9.17) is 5.11 Å². The predicted molar refractivity (Wildman–Crippen MR) is 40.3 cm³/mol. The highest BCUT2D eigenvalue weighted by atomic mass is 16.4. The summed E-state index contributed by atoms with van der Waals surface area (Å²) in [5.41, 5.74) is 0. The molecule has 11 heavy (non-hydrogen) atoms. The maximum Gasteiger partial charge on any atom is 0.317 e. The van der Waals surface area contributed by atoms with Crippen LogP contribution >= 0.6 is 0 Å². The average molecular weight is 155 g/mol. The van der Waals surface area contributed by atoms with Gasteiger partial charge < -0.3 is 5.11 Å². The zero-order valence-corrected chi connectivity index (χ0v) is 6.49. The van der Waals surface area contributed by atoms with Gasteiger partial charge in [0.1, 0.15) is 0 Å². The SMILES string of the molecule is O=C(O)CN1CC2CC(C2)C1. The van der Waals surface area contributed by atoms with Crippen molar-refractivity contribution in [2.45, 2.75) is 12.8 Å². The fourth-order valence-electron chi connectivity index (χ4n) is 2.30. The summed E-state index contributed by atoms with van der Waals surface area (Å²) in [7, 11) is 0. The minimum absolute atomic E-state index is 0.243. The van der Waals surface area contributed by atoms with Crippen LogP contribution in [0.25, 0.3) is 0 Å². The van der Waals surface area contributed by atoms with Gasteiger partial charge in [-0.15, -0.1) is 0 Å². The number of hydrogen-bond donors (Lipinski definition) is 1. The van der Waals surface area contributed by atoms with Crippen LogP contribution in [-0.2, 0) is 4.79 Å². The molecular formula is C8H13NO2. The molecule has 2 heterocycles. The number of carboxylic acids is 1. The van der Waals surface area contributed by atoms with E-state index in [1.165, 1.54) is 12.8 Å². The van der Waals surface area contributed by atoms with Gasteiger partial charge in [-0.2, -0.15) is 0 Å². The average Bonchev–Trinajstić information content (AvgIpc) is 1.83. The van der Waals surface area contributed by atoms with Crippen LogP contribution in [-0.4, -0.2) is 35.6 Å². The first-order valence-corrected chi connectivity index (χ1v) is 4.18. The number of carbonyl (C=O) groups is 1. The van der Waals surface area contributed by atoms with Crippen molar-refractivity contribution in [3.8, 4) is 0 Å². The lowest BCUT2D eigenvalue weighted by Crippen LogP contribution is -2.49. The minimum atomic E-state index is -0.689. The topological polar surface area (TPSA) is 40.5 Å². The van der Waals surface area contributed by atoms with Gasteiger partial charge in [0.2, 0.25) is 0 Å². The van der Waals surface area contributed by atoms with E-state index in [1.807, 2.05) is 0 Å². The Bertz CT molecular complexity index is 165. The molecule has 0 unspecified atom stereocenters. The number of nitrogens with zero attached hydrogens (tertiary/aromatic N) is 1. The van der Waals surface area contributed by atoms with E-state index in [0.717, 1.165) is 24.9 Å². The Kier molecular flexibility index (Phi) is 1.60. The van der Waals surface area contributed by atoms with Crippen LogP contribution in [0.15, 0.2) is 0 Å². The summed E-state index contributed by atoms with van der Waals surface area (Å²) in [6.45, 7) is 2.28. The van der Waals surface area contributed by atoms with Gasteiger partial charge in [-0.05, 0) is 24.7 Å². The monoisotopic (exact) mass is 155 g/mol. The van der Waals surface area contributed by atoms with E-state index >= 15 is 0 Å². The van der Waals surface area contributed by atoms with Crippen molar-refractivity contribution in [1.82, 2.24) is 4.90 Å². The first-order chi connectivity index (χ1) is 5.24. The molecule has 1 saturated carbocycles. The maximum atomic E-state index is 10.3. The molecule has 0 aromatic rings. The fraction of sp³-hybridized carbons (Fsp3) is 0.875. The Morgan fingerprint density at radius 3 is 2.36 bits per heavy atom. The predicted octanol–water partition coefficient (Wildman–Crippen LogP) is 0.413. The van der Waals surface area contributed by atoms with Gasteiger partial charge in [0, 0.05) is 13.1 Å². The number of piperidine rings is 2. The number of hydrogen-bond acceptors (Lipinski definition) is 2. The Morgan fingerprint density at radius 1 is 1.36 bits per heavy atom. The smallest absolute Gasteiger partial charge is 0.317 e. The second-order valence-corrected chi connectivity index (χ2v) is 3.79. The molecule has 0 atom stereocenters. The third kappa shape index (κ3) is 1.38. The van der Waals surface area contributed by atoms with Crippen molar-refractivity contribution in [3.63, 3.8) is 0 Å². The van der Waals surface area contributed by atoms with Crippen molar-refractivity contribution in [3.05, 3.63) is 0 Å². The van der Waals surface area contributed by atoms with E-state index in [2.05, 4.69) is 4.90 Å². The highest BCUT2D eigenvalue weighted by Crippen LogP contribution is 2.39. The standard InChI is InChI=1S/C8H13NO2/c10-8(11)5-9-3-6-1-7(2-6)4-9/h6-7H,1-5H2,(H,10,11). The van der Waals surface area contributed by atoms with Crippen LogP contribution in [0.5, 0.6) is 0 Å². The van der Waals surface area contributed by atoms with Crippen molar-refractivity contribution < 1.29 is 9.90 Å². The Hall–Kier alpha value is -0.570. The van der Waals surface area contributed by atoms with Crippen molar-refractivity contribution in [2.75, 3.05) is 19.6 Å². The van der Waals surface area contributed by atoms with E-state index in [1.54, 1.807) is 0 Å². The van der Waals surface area contributed by atoms with E-state index in [-0.39, 0.29) is 6.54 Å². The lowest BCUT2D eigenvalue weighted by atomic mass is 9.71. The molecule has 3 nitrogen and oxygen atoms in total. The molecule has 0 spiro atoms. The number of aliphatic carboxylic acids is 1. The highest BCUT2D eigenvalue weighted by Gasteiger charge is 2.37. The lowest BCUT2D eigenvalue weighted by Gasteiger charge is -2.46. The van der Waals surface area contributed by atoms with Crippen LogP contribution in [0.4, 0.5) is 0 Å². The molecule has 1 N–H and O–H groups in total. The Balaban J connectivity index is 1.83. The molecule has 0 amide bonds. The minimum Gasteiger partial charge on any atom is -0.480 e. The molecule has 62 valence electrons. The number of fused-ring (bicyclic) bond motifs is 2. The summed E-state index contributed by atoms with van der Waals surface area (Å²) in [6, 6.07) is 0. The summed E-state index contributed by atoms with van der Waals surface area (Å²) < 4.78 is 0. The molecule has 2 aliphatic heterocycles. The van der Waals surface area contributed by atoms with Crippen molar-refractivity contribution in [1.29, 1.82) is 0 Å². The van der Waals surface area contributed by atoms with E-state index < -0.39 is 5.97 Å². The zero-order chi connectivity index (χ0) is 7.84. The summed E-state index contributed by atoms with van der Waals surface area (Å²) in [6.07, 6.45) is 2.69. The van der Waals surface area contributed by atoms with Crippen LogP contribution < -0.4 is 0 Å². The summed E-state index contributed by atoms with van der Waals surface area (Å²) in [4.78, 5) is 12.4. The molecule has 1 aliphatic carbocycles. The van der Waals surface area contributed by atoms with Crippen molar-refractivity contribution >= 4 is 5.97 Å². The van der Waals surface area contributed by atoms with Gasteiger partial charge in [0.15, 0.2) is 0 Å². The van der Waals surface area contributed by atoms with Crippen LogP contribution in [0, 0.1) is 11.8 Å². The lowest BCUT2D eigenvalue weighted by molar-refractivity contribution is -0.140. The molecule has 3 heteroatoms. The maximum absolute atomic E-state index is 10.3. The van der Waals surface area contributed by atoms with Gasteiger partial charge in [-0.3, -0.25) is 9.69 Å². The molecule has 3 fully saturated rings. The molecule has 2 bridgehead atoms. The van der Waals surface area contributed by atoms with Crippen LogP contribution in [0.3, 0.4) is 0 Å². The highest BCUT2D eigenvalue weighted by molar-refractivity contribution is 5.69. The number of rotatable bonds is 2. The first-order valence-electron chi connectivity index (χ1n) is 4.18. The Labute approximate surface area is 66.0 Å². The number of carboxylic acid groups (broad SMARTS) is 1. The Morgan fingerprint density at radius 2 is 1.91 bits per heavy atom.